The zero-order chi connectivity index (χ0) is 19.4. The summed E-state index contributed by atoms with van der Waals surface area (Å²) in [5, 5.41) is 21.0. The normalized spacial score (nSPS) is 55.1. The lowest BCUT2D eigenvalue weighted by Crippen LogP contribution is -2.62. The molecule has 0 radical (unpaired) electrons. The van der Waals surface area contributed by atoms with Crippen molar-refractivity contribution in [1.82, 2.24) is 0 Å². The van der Waals surface area contributed by atoms with Crippen LogP contribution in [0, 0.1) is 28.6 Å². The Morgan fingerprint density at radius 1 is 1.33 bits per heavy atom. The number of hydrogen-bond acceptors (Lipinski definition) is 5. The van der Waals surface area contributed by atoms with Crippen LogP contribution in [0.1, 0.15) is 46.5 Å². The maximum Gasteiger partial charge on any atom is 0.190 e. The van der Waals surface area contributed by atoms with Crippen LogP contribution >= 0.6 is 0 Å². The van der Waals surface area contributed by atoms with Gasteiger partial charge in [-0.2, -0.15) is 0 Å². The number of ketones is 2. The van der Waals surface area contributed by atoms with Gasteiger partial charge in [0, 0.05) is 10.8 Å². The van der Waals surface area contributed by atoms with Crippen LogP contribution in [-0.2, 0) is 14.3 Å². The van der Waals surface area contributed by atoms with Gasteiger partial charge < -0.3 is 14.9 Å². The first kappa shape index (κ1) is 17.8. The molecule has 8 atom stereocenters. The molecule has 0 bridgehead atoms. The topological polar surface area (TPSA) is 87.1 Å². The van der Waals surface area contributed by atoms with E-state index in [-0.39, 0.29) is 40.7 Å². The number of carbonyl (C=O) groups excluding carboxylic acids is 2. The summed E-state index contributed by atoms with van der Waals surface area (Å²) in [5.41, 5.74) is -1.55. The molecule has 5 rings (SSSR count). The molecule has 1 heterocycles. The van der Waals surface area contributed by atoms with E-state index in [1.54, 1.807) is 12.2 Å². The largest absolute Gasteiger partial charge is 0.388 e. The first-order chi connectivity index (χ1) is 12.6. The highest BCUT2D eigenvalue weighted by atomic mass is 16.6. The van der Waals surface area contributed by atoms with E-state index in [9.17, 15) is 19.8 Å². The van der Waals surface area contributed by atoms with Crippen molar-refractivity contribution < 1.29 is 24.5 Å². The summed E-state index contributed by atoms with van der Waals surface area (Å²) >= 11 is 0. The third-order valence-electron chi connectivity index (χ3n) is 9.08. The van der Waals surface area contributed by atoms with Gasteiger partial charge in [-0.25, -0.2) is 0 Å². The van der Waals surface area contributed by atoms with Crippen molar-refractivity contribution in [3.8, 4) is 0 Å². The summed E-state index contributed by atoms with van der Waals surface area (Å²) in [6.07, 6.45) is 8.58. The van der Waals surface area contributed by atoms with E-state index < -0.39 is 23.4 Å². The summed E-state index contributed by atoms with van der Waals surface area (Å²) in [6, 6.07) is 0. The molecule has 0 aromatic heterocycles. The molecule has 5 aliphatic rings. The van der Waals surface area contributed by atoms with Gasteiger partial charge in [-0.05, 0) is 62.5 Å². The minimum absolute atomic E-state index is 0.0291. The molecule has 0 aromatic carbocycles. The number of allylic oxidation sites excluding steroid dienone is 2. The predicted octanol–water partition coefficient (Wildman–Crippen LogP) is 1.96. The molecule has 0 aromatic rings. The van der Waals surface area contributed by atoms with Crippen LogP contribution in [0.2, 0.25) is 0 Å². The molecule has 2 N–H and O–H groups in total. The van der Waals surface area contributed by atoms with Crippen molar-refractivity contribution in [2.24, 2.45) is 28.6 Å². The second-order valence-corrected chi connectivity index (χ2v) is 9.86. The number of carbonyl (C=O) groups is 2. The molecule has 0 amide bonds. The SMILES string of the molecule is C[C@@H]1C[C@@H]2[C@H]3CCC4=CC(=O)C=C[C@]4(C)[C@@]34O[C@H]4C[C@]2(C)[C@]1(O)C(=O)CO. The van der Waals surface area contributed by atoms with Crippen molar-refractivity contribution in [2.45, 2.75) is 63.8 Å². The van der Waals surface area contributed by atoms with Crippen LogP contribution in [0.4, 0.5) is 0 Å². The Morgan fingerprint density at radius 3 is 2.78 bits per heavy atom. The molecule has 1 aliphatic heterocycles. The van der Waals surface area contributed by atoms with E-state index in [1.807, 2.05) is 19.9 Å². The zero-order valence-electron chi connectivity index (χ0n) is 16.2. The molecule has 4 aliphatic carbocycles. The van der Waals surface area contributed by atoms with Crippen LogP contribution in [0.15, 0.2) is 23.8 Å². The molecule has 27 heavy (non-hydrogen) atoms. The fraction of sp³-hybridized carbons (Fsp3) is 0.727. The second-order valence-electron chi connectivity index (χ2n) is 9.86. The number of ether oxygens (including phenoxy) is 1. The molecule has 1 saturated heterocycles. The number of Topliss-reactive ketones (excluding diaryl/α,β-unsaturated/α-hetero) is 1. The summed E-state index contributed by atoms with van der Waals surface area (Å²) in [5.74, 6) is -0.193. The highest BCUT2D eigenvalue weighted by Crippen LogP contribution is 2.76. The summed E-state index contributed by atoms with van der Waals surface area (Å²) in [4.78, 5) is 24.5. The molecule has 1 spiro atoms. The smallest absolute Gasteiger partial charge is 0.190 e. The van der Waals surface area contributed by atoms with Crippen LogP contribution < -0.4 is 0 Å². The monoisotopic (exact) mass is 372 g/mol. The number of epoxide rings is 1. The summed E-state index contributed by atoms with van der Waals surface area (Å²) in [7, 11) is 0. The van der Waals surface area contributed by atoms with Gasteiger partial charge in [-0.3, -0.25) is 9.59 Å². The molecule has 0 unspecified atom stereocenters. The zero-order valence-corrected chi connectivity index (χ0v) is 16.2. The number of rotatable bonds is 2. The van der Waals surface area contributed by atoms with E-state index in [0.717, 1.165) is 24.8 Å². The van der Waals surface area contributed by atoms with Crippen LogP contribution in [0.5, 0.6) is 0 Å². The Labute approximate surface area is 159 Å². The van der Waals surface area contributed by atoms with Gasteiger partial charge in [0.2, 0.25) is 0 Å². The Hall–Kier alpha value is -1.30. The van der Waals surface area contributed by atoms with E-state index in [4.69, 9.17) is 4.74 Å². The fourth-order valence-electron chi connectivity index (χ4n) is 7.70. The minimum atomic E-state index is -1.50. The van der Waals surface area contributed by atoms with Gasteiger partial charge in [0.15, 0.2) is 11.6 Å². The van der Waals surface area contributed by atoms with Crippen LogP contribution in [0.3, 0.4) is 0 Å². The standard InChI is InChI=1S/C22H28O5/c1-12-8-16-15-5-4-13-9-14(24)6-7-19(13,2)22(15)18(27-22)10-20(16,3)21(12,26)17(25)11-23/h6-7,9,12,15-16,18,23,26H,4-5,8,10-11H2,1-3H3/t12-,15-,16-,18+,19+,20+,21-,22-/m1/s1. The Balaban J connectivity index is 1.60. The van der Waals surface area contributed by atoms with Gasteiger partial charge >= 0.3 is 0 Å². The molecule has 5 heteroatoms. The lowest BCUT2D eigenvalue weighted by Gasteiger charge is -2.55. The Bertz CT molecular complexity index is 814. The third kappa shape index (κ3) is 1.73. The van der Waals surface area contributed by atoms with Gasteiger partial charge in [-0.1, -0.05) is 25.5 Å². The Morgan fingerprint density at radius 2 is 2.07 bits per heavy atom. The second kappa shape index (κ2) is 5.00. The summed E-state index contributed by atoms with van der Waals surface area (Å²) in [6.45, 7) is 5.51. The average Bonchev–Trinajstić information content (AvgIpc) is 3.31. The van der Waals surface area contributed by atoms with E-state index in [0.29, 0.717) is 6.42 Å². The maximum atomic E-state index is 12.6. The lowest BCUT2D eigenvalue weighted by atomic mass is 9.46. The first-order valence-electron chi connectivity index (χ1n) is 10.1. The van der Waals surface area contributed by atoms with Crippen molar-refractivity contribution in [1.29, 1.82) is 0 Å². The number of aliphatic hydroxyl groups excluding tert-OH is 1. The van der Waals surface area contributed by atoms with Crippen molar-refractivity contribution >= 4 is 11.6 Å². The molecule has 5 nitrogen and oxygen atoms in total. The van der Waals surface area contributed by atoms with E-state index in [2.05, 4.69) is 6.92 Å². The summed E-state index contributed by atoms with van der Waals surface area (Å²) < 4.78 is 6.43. The molecular weight excluding hydrogens is 344 g/mol. The van der Waals surface area contributed by atoms with Crippen molar-refractivity contribution in [3.05, 3.63) is 23.8 Å². The Kier molecular flexibility index (Phi) is 3.29. The highest BCUT2D eigenvalue weighted by molar-refractivity contribution is 6.01. The molecule has 4 fully saturated rings. The quantitative estimate of drug-likeness (QED) is 0.724. The van der Waals surface area contributed by atoms with Crippen LogP contribution in [-0.4, -0.2) is 45.7 Å². The molecular formula is C22H28O5. The average molecular weight is 372 g/mol. The number of aliphatic hydroxyl groups is 2. The van der Waals surface area contributed by atoms with Gasteiger partial charge in [0.1, 0.15) is 17.8 Å². The van der Waals surface area contributed by atoms with Crippen molar-refractivity contribution in [2.75, 3.05) is 6.61 Å². The first-order valence-corrected chi connectivity index (χ1v) is 10.1. The van der Waals surface area contributed by atoms with Gasteiger partial charge in [-0.15, -0.1) is 0 Å². The van der Waals surface area contributed by atoms with Crippen molar-refractivity contribution in [3.63, 3.8) is 0 Å². The highest BCUT2D eigenvalue weighted by Gasteiger charge is 2.81. The third-order valence-corrected chi connectivity index (χ3v) is 9.08. The predicted molar refractivity (Wildman–Crippen MR) is 97.7 cm³/mol. The van der Waals surface area contributed by atoms with Gasteiger partial charge in [0.25, 0.3) is 0 Å². The number of hydrogen-bond donors (Lipinski definition) is 2. The fourth-order valence-corrected chi connectivity index (χ4v) is 7.70. The molecule has 146 valence electrons. The lowest BCUT2D eigenvalue weighted by molar-refractivity contribution is -0.165. The van der Waals surface area contributed by atoms with Crippen LogP contribution in [0.25, 0.3) is 0 Å². The number of fused-ring (bicyclic) bond motifs is 3. The van der Waals surface area contributed by atoms with E-state index >= 15 is 0 Å². The maximum absolute atomic E-state index is 12.6. The van der Waals surface area contributed by atoms with Gasteiger partial charge in [0.05, 0.1) is 6.10 Å². The van der Waals surface area contributed by atoms with E-state index in [1.165, 1.54) is 0 Å². The minimum Gasteiger partial charge on any atom is -0.388 e. The molecule has 3 saturated carbocycles.